The Balaban J connectivity index is 1.12. The summed E-state index contributed by atoms with van der Waals surface area (Å²) in [6.07, 6.45) is 0. The maximum absolute atomic E-state index is 14.0. The summed E-state index contributed by atoms with van der Waals surface area (Å²) in [5.74, 6) is -0.621. The lowest BCUT2D eigenvalue weighted by molar-refractivity contribution is 0.628. The van der Waals surface area contributed by atoms with Crippen molar-refractivity contribution in [2.45, 2.75) is 0 Å². The van der Waals surface area contributed by atoms with Crippen molar-refractivity contribution < 1.29 is 8.78 Å². The van der Waals surface area contributed by atoms with E-state index in [0.29, 0.717) is 0 Å². The van der Waals surface area contributed by atoms with E-state index in [-0.39, 0.29) is 11.6 Å². The molecule has 0 saturated carbocycles. The maximum atomic E-state index is 14.0. The van der Waals surface area contributed by atoms with Gasteiger partial charge in [0.25, 0.3) is 0 Å². The Hall–Kier alpha value is -7.62. The van der Waals surface area contributed by atoms with Crippen molar-refractivity contribution >= 4 is 70.9 Å². The Labute approximate surface area is 340 Å². The second-order valence-electron chi connectivity index (χ2n) is 15.1. The van der Waals surface area contributed by atoms with Crippen LogP contribution in [-0.4, -0.2) is 0 Å². The number of fused-ring (bicyclic) bond motifs is 5. The zero-order chi connectivity index (χ0) is 39.5. The van der Waals surface area contributed by atoms with Gasteiger partial charge >= 0.3 is 0 Å². The van der Waals surface area contributed by atoms with Crippen LogP contribution in [0.15, 0.2) is 212 Å². The van der Waals surface area contributed by atoms with E-state index in [1.165, 1.54) is 89.6 Å². The summed E-state index contributed by atoms with van der Waals surface area (Å²) in [4.78, 5) is 2.02. The van der Waals surface area contributed by atoms with Crippen molar-refractivity contribution in [2.75, 3.05) is 4.90 Å². The molecule has 0 unspecified atom stereocenters. The normalized spacial score (nSPS) is 11.6. The van der Waals surface area contributed by atoms with Gasteiger partial charge in [-0.25, -0.2) is 8.78 Å². The Bertz CT molecular complexity index is 3350. The molecule has 0 aliphatic carbocycles. The van der Waals surface area contributed by atoms with E-state index in [2.05, 4.69) is 164 Å². The second kappa shape index (κ2) is 14.1. The highest BCUT2D eigenvalue weighted by atomic mass is 19.1. The van der Waals surface area contributed by atoms with Crippen LogP contribution in [0.5, 0.6) is 0 Å². The Morgan fingerprint density at radius 3 is 1.29 bits per heavy atom. The largest absolute Gasteiger partial charge is 0.310 e. The van der Waals surface area contributed by atoms with Gasteiger partial charge < -0.3 is 4.90 Å². The predicted molar refractivity (Wildman–Crippen MR) is 245 cm³/mol. The van der Waals surface area contributed by atoms with E-state index in [1.807, 2.05) is 4.90 Å². The van der Waals surface area contributed by atoms with Gasteiger partial charge in [-0.2, -0.15) is 0 Å². The molecule has 3 heteroatoms. The molecule has 0 N–H and O–H groups in total. The van der Waals surface area contributed by atoms with Crippen LogP contribution < -0.4 is 4.90 Å². The third-order valence-electron chi connectivity index (χ3n) is 11.7. The van der Waals surface area contributed by atoms with Gasteiger partial charge in [0.05, 0.1) is 0 Å². The highest BCUT2D eigenvalue weighted by molar-refractivity contribution is 6.25. The van der Waals surface area contributed by atoms with Gasteiger partial charge in [0.1, 0.15) is 11.6 Å². The fourth-order valence-electron chi connectivity index (χ4n) is 9.00. The fraction of sp³-hybridized carbons (Fsp3) is 0. The van der Waals surface area contributed by atoms with Crippen LogP contribution in [-0.2, 0) is 0 Å². The SMILES string of the molecule is Fc1ccc(N(c2ccc(F)cc2)c2ccc3cc(-c4ccc5c(-c6cccc7ccccc67)c6ccccc6c(-c6cccc7ccccc67)c5c4)ccc3c2)cc1. The van der Waals surface area contributed by atoms with Crippen LogP contribution >= 0.6 is 0 Å². The van der Waals surface area contributed by atoms with E-state index in [4.69, 9.17) is 0 Å². The summed E-state index contributed by atoms with van der Waals surface area (Å²) in [6, 6.07) is 72.1. The number of benzene rings is 11. The van der Waals surface area contributed by atoms with Crippen molar-refractivity contribution in [3.8, 4) is 33.4 Å². The molecule has 0 bridgehead atoms. The molecular weight excluding hydrogens is 725 g/mol. The molecule has 1 nitrogen and oxygen atoms in total. The zero-order valence-corrected chi connectivity index (χ0v) is 31.9. The lowest BCUT2D eigenvalue weighted by Gasteiger charge is -2.26. The smallest absolute Gasteiger partial charge is 0.123 e. The van der Waals surface area contributed by atoms with Gasteiger partial charge in [0, 0.05) is 17.1 Å². The number of nitrogens with zero attached hydrogens (tertiary/aromatic N) is 1. The molecule has 0 atom stereocenters. The van der Waals surface area contributed by atoms with Gasteiger partial charge in [-0.15, -0.1) is 0 Å². The van der Waals surface area contributed by atoms with Crippen molar-refractivity contribution in [2.24, 2.45) is 0 Å². The van der Waals surface area contributed by atoms with E-state index >= 15 is 0 Å². The van der Waals surface area contributed by atoms with Crippen molar-refractivity contribution in [1.82, 2.24) is 0 Å². The first-order valence-electron chi connectivity index (χ1n) is 19.9. The van der Waals surface area contributed by atoms with Crippen molar-refractivity contribution in [3.63, 3.8) is 0 Å². The molecule has 278 valence electrons. The summed E-state index contributed by atoms with van der Waals surface area (Å²) < 4.78 is 28.0. The second-order valence-corrected chi connectivity index (χ2v) is 15.1. The topological polar surface area (TPSA) is 3.24 Å². The first kappa shape index (κ1) is 34.6. The lowest BCUT2D eigenvalue weighted by Crippen LogP contribution is -2.10. The van der Waals surface area contributed by atoms with Crippen LogP contribution in [0.2, 0.25) is 0 Å². The summed E-state index contributed by atoms with van der Waals surface area (Å²) in [7, 11) is 0. The number of anilines is 3. The minimum Gasteiger partial charge on any atom is -0.310 e. The van der Waals surface area contributed by atoms with Crippen LogP contribution in [0.4, 0.5) is 25.8 Å². The van der Waals surface area contributed by atoms with Crippen LogP contribution in [0, 0.1) is 11.6 Å². The first-order chi connectivity index (χ1) is 29.1. The molecule has 0 radical (unpaired) electrons. The molecule has 11 aromatic carbocycles. The van der Waals surface area contributed by atoms with Crippen molar-refractivity contribution in [1.29, 1.82) is 0 Å². The fourth-order valence-corrected chi connectivity index (χ4v) is 9.00. The van der Waals surface area contributed by atoms with Crippen LogP contribution in [0.25, 0.3) is 87.2 Å². The van der Waals surface area contributed by atoms with Gasteiger partial charge in [0.15, 0.2) is 0 Å². The van der Waals surface area contributed by atoms with E-state index in [9.17, 15) is 8.78 Å². The Kier molecular flexibility index (Phi) is 8.27. The molecular formula is C56H35F2N. The third kappa shape index (κ3) is 5.98. The van der Waals surface area contributed by atoms with E-state index < -0.39 is 0 Å². The molecule has 0 spiro atoms. The summed E-state index contributed by atoms with van der Waals surface area (Å²) in [5.41, 5.74) is 9.59. The summed E-state index contributed by atoms with van der Waals surface area (Å²) in [6.45, 7) is 0. The molecule has 0 aliphatic rings. The molecule has 0 aromatic heterocycles. The Morgan fingerprint density at radius 1 is 0.271 bits per heavy atom. The van der Waals surface area contributed by atoms with E-state index in [0.717, 1.165) is 39.0 Å². The van der Waals surface area contributed by atoms with Crippen LogP contribution in [0.1, 0.15) is 0 Å². The van der Waals surface area contributed by atoms with Crippen molar-refractivity contribution in [3.05, 3.63) is 224 Å². The monoisotopic (exact) mass is 759 g/mol. The molecule has 0 heterocycles. The molecule has 0 saturated heterocycles. The minimum absolute atomic E-state index is 0.310. The molecule has 0 aliphatic heterocycles. The summed E-state index contributed by atoms with van der Waals surface area (Å²) >= 11 is 0. The van der Waals surface area contributed by atoms with Gasteiger partial charge in [-0.3, -0.25) is 0 Å². The first-order valence-corrected chi connectivity index (χ1v) is 19.9. The molecule has 11 aromatic rings. The molecule has 11 rings (SSSR count). The molecule has 59 heavy (non-hydrogen) atoms. The average molecular weight is 760 g/mol. The number of rotatable bonds is 6. The zero-order valence-electron chi connectivity index (χ0n) is 31.9. The third-order valence-corrected chi connectivity index (χ3v) is 11.7. The number of hydrogen-bond donors (Lipinski definition) is 0. The number of halogens is 2. The van der Waals surface area contributed by atoms with Gasteiger partial charge in [-0.05, 0) is 160 Å². The Morgan fingerprint density at radius 2 is 0.695 bits per heavy atom. The highest BCUT2D eigenvalue weighted by Gasteiger charge is 2.20. The maximum Gasteiger partial charge on any atom is 0.123 e. The average Bonchev–Trinajstić information content (AvgIpc) is 3.29. The lowest BCUT2D eigenvalue weighted by atomic mass is 9.83. The highest BCUT2D eigenvalue weighted by Crippen LogP contribution is 2.48. The number of hydrogen-bond acceptors (Lipinski definition) is 1. The van der Waals surface area contributed by atoms with Gasteiger partial charge in [0.2, 0.25) is 0 Å². The van der Waals surface area contributed by atoms with E-state index in [1.54, 1.807) is 24.3 Å². The standard InChI is InChI=1S/C56H35F2N/c57-42-23-28-44(29-24-42)59(45-30-25-43(58)26-31-45)46-27-21-39-33-38(19-20-40(39)34-46)41-22-32-53-54(35-41)56(50-18-8-12-37-10-2-4-14-48(37)50)52-16-6-5-15-51(52)55(53)49-17-7-11-36-9-1-3-13-47(36)49/h1-35H. The molecule has 0 amide bonds. The minimum atomic E-state index is -0.310. The predicted octanol–water partition coefficient (Wildman–Crippen LogP) is 16.2. The quantitative estimate of drug-likeness (QED) is 0.153. The van der Waals surface area contributed by atoms with Gasteiger partial charge in [-0.1, -0.05) is 140 Å². The van der Waals surface area contributed by atoms with Crippen LogP contribution in [0.3, 0.4) is 0 Å². The molecule has 0 fully saturated rings. The summed E-state index contributed by atoms with van der Waals surface area (Å²) in [5, 5.41) is 11.9.